The first-order valence-corrected chi connectivity index (χ1v) is 10.0. The first-order valence-electron chi connectivity index (χ1n) is 10.0. The van der Waals surface area contributed by atoms with Crippen molar-refractivity contribution in [3.8, 4) is 5.75 Å². The van der Waals surface area contributed by atoms with Crippen LogP contribution in [0.4, 0.5) is 5.69 Å². The molecule has 0 unspecified atom stereocenters. The van der Waals surface area contributed by atoms with E-state index in [2.05, 4.69) is 10.6 Å². The summed E-state index contributed by atoms with van der Waals surface area (Å²) in [6, 6.07) is 12.9. The molecule has 0 spiro atoms. The minimum atomic E-state index is -0.631. The summed E-state index contributed by atoms with van der Waals surface area (Å²) in [6.07, 6.45) is 4.59. The monoisotopic (exact) mass is 438 g/mol. The molecule has 0 bridgehead atoms. The van der Waals surface area contributed by atoms with Crippen LogP contribution in [0, 0.1) is 5.41 Å². The van der Waals surface area contributed by atoms with Crippen LogP contribution in [-0.4, -0.2) is 37.0 Å². The minimum absolute atomic E-state index is 0.198. The van der Waals surface area contributed by atoms with Crippen LogP contribution in [0.1, 0.15) is 35.7 Å². The van der Waals surface area contributed by atoms with Gasteiger partial charge in [0.2, 0.25) is 0 Å². The van der Waals surface area contributed by atoms with Crippen molar-refractivity contribution < 1.29 is 23.9 Å². The Morgan fingerprint density at radius 2 is 1.75 bits per heavy atom. The fourth-order valence-corrected chi connectivity index (χ4v) is 2.46. The average molecular weight is 438 g/mol. The van der Waals surface area contributed by atoms with Crippen LogP contribution in [-0.2, 0) is 14.3 Å². The molecule has 0 heterocycles. The van der Waals surface area contributed by atoms with E-state index in [-0.39, 0.29) is 18.5 Å². The fraction of sp³-hybridized carbons (Fsp3) is 0.217. The molecule has 0 aliphatic carbocycles. The van der Waals surface area contributed by atoms with Crippen LogP contribution in [0.2, 0.25) is 0 Å². The predicted molar refractivity (Wildman–Crippen MR) is 121 cm³/mol. The van der Waals surface area contributed by atoms with Crippen molar-refractivity contribution in [1.82, 2.24) is 5.32 Å². The Bertz CT molecular complexity index is 969. The Kier molecular flexibility index (Phi) is 9.45. The van der Waals surface area contributed by atoms with Gasteiger partial charge in [-0.15, -0.1) is 0 Å². The lowest BCUT2D eigenvalue weighted by molar-refractivity contribution is -0.143. The molecule has 2 rings (SSSR count). The van der Waals surface area contributed by atoms with Crippen LogP contribution >= 0.6 is 0 Å². The van der Waals surface area contributed by atoms with E-state index in [0.29, 0.717) is 29.1 Å². The molecular formula is C23H26N4O5. The van der Waals surface area contributed by atoms with Crippen LogP contribution in [0.3, 0.4) is 0 Å². The zero-order valence-corrected chi connectivity index (χ0v) is 17.7. The van der Waals surface area contributed by atoms with Crippen LogP contribution in [0.25, 0.3) is 6.08 Å². The average Bonchev–Trinajstić information content (AvgIpc) is 2.77. The molecule has 9 nitrogen and oxygen atoms in total. The van der Waals surface area contributed by atoms with Gasteiger partial charge in [-0.25, -0.2) is 9.59 Å². The number of carbonyl (C=O) groups excluding carboxylic acids is 3. The summed E-state index contributed by atoms with van der Waals surface area (Å²) < 4.78 is 10.2. The molecule has 1 amide bonds. The number of nitrogens with one attached hydrogen (secondary N) is 3. The second-order valence-corrected chi connectivity index (χ2v) is 6.72. The van der Waals surface area contributed by atoms with Crippen molar-refractivity contribution in [2.45, 2.75) is 19.8 Å². The van der Waals surface area contributed by atoms with Crippen molar-refractivity contribution in [3.63, 3.8) is 0 Å². The molecule has 9 heteroatoms. The number of rotatable bonds is 10. The maximum Gasteiger partial charge on any atom is 0.343 e. The highest BCUT2D eigenvalue weighted by molar-refractivity contribution is 5.93. The van der Waals surface area contributed by atoms with Gasteiger partial charge in [0, 0.05) is 18.3 Å². The second-order valence-electron chi connectivity index (χ2n) is 6.72. The summed E-state index contributed by atoms with van der Waals surface area (Å²) in [6.45, 7) is 2.25. The van der Waals surface area contributed by atoms with E-state index in [1.165, 1.54) is 12.2 Å². The Morgan fingerprint density at radius 1 is 1.06 bits per heavy atom. The second kappa shape index (κ2) is 12.5. The summed E-state index contributed by atoms with van der Waals surface area (Å²) in [5.74, 6) is -1.37. The third-order valence-electron chi connectivity index (χ3n) is 4.10. The van der Waals surface area contributed by atoms with Crippen molar-refractivity contribution in [2.24, 2.45) is 5.73 Å². The van der Waals surface area contributed by atoms with Gasteiger partial charge in [-0.1, -0.05) is 25.5 Å². The van der Waals surface area contributed by atoms with Crippen LogP contribution < -0.4 is 21.1 Å². The number of hydrogen-bond acceptors (Lipinski definition) is 6. The molecule has 0 aliphatic rings. The molecule has 0 fully saturated rings. The molecule has 0 saturated heterocycles. The Hall–Kier alpha value is -4.14. The molecule has 0 radical (unpaired) electrons. The number of amides is 1. The number of nitrogens with two attached hydrogens (primary N) is 1. The van der Waals surface area contributed by atoms with E-state index in [0.717, 1.165) is 12.8 Å². The van der Waals surface area contributed by atoms with Crippen molar-refractivity contribution in [3.05, 3.63) is 65.7 Å². The predicted octanol–water partition coefficient (Wildman–Crippen LogP) is 2.68. The maximum atomic E-state index is 12.2. The molecule has 2 aromatic rings. The number of esters is 2. The molecule has 0 aromatic heterocycles. The van der Waals surface area contributed by atoms with Gasteiger partial charge in [-0.2, -0.15) is 0 Å². The zero-order chi connectivity index (χ0) is 23.3. The first kappa shape index (κ1) is 24.1. The topological polar surface area (TPSA) is 144 Å². The van der Waals surface area contributed by atoms with E-state index in [9.17, 15) is 14.4 Å². The Balaban J connectivity index is 1.82. The number of hydrogen-bond donors (Lipinski definition) is 4. The molecule has 5 N–H and O–H groups in total. The van der Waals surface area contributed by atoms with Gasteiger partial charge < -0.3 is 25.8 Å². The maximum absolute atomic E-state index is 12.2. The van der Waals surface area contributed by atoms with Crippen molar-refractivity contribution in [1.29, 1.82) is 5.41 Å². The van der Waals surface area contributed by atoms with Crippen LogP contribution in [0.15, 0.2) is 54.6 Å². The summed E-state index contributed by atoms with van der Waals surface area (Å²) in [4.78, 5) is 35.5. The lowest BCUT2D eigenvalue weighted by atomic mass is 10.2. The lowest BCUT2D eigenvalue weighted by Crippen LogP contribution is -2.29. The Labute approximate surface area is 186 Å². The van der Waals surface area contributed by atoms with E-state index in [1.54, 1.807) is 48.5 Å². The highest BCUT2D eigenvalue weighted by atomic mass is 16.5. The van der Waals surface area contributed by atoms with Gasteiger partial charge in [0.1, 0.15) is 5.75 Å². The van der Waals surface area contributed by atoms with Crippen LogP contribution in [0.5, 0.6) is 5.75 Å². The zero-order valence-electron chi connectivity index (χ0n) is 17.7. The number of ether oxygens (including phenoxy) is 2. The number of carbonyl (C=O) groups is 3. The van der Waals surface area contributed by atoms with Gasteiger partial charge in [0.15, 0.2) is 12.6 Å². The summed E-state index contributed by atoms with van der Waals surface area (Å²) in [5.41, 5.74) is 6.87. The SMILES string of the molecule is CCCCNC(=O)COC(=O)/C=C/c1ccc(OC(=O)c2ccc(NC(=N)N)cc2)cc1. The number of unbranched alkanes of at least 4 members (excludes halogenated alkanes) is 1. The minimum Gasteiger partial charge on any atom is -0.452 e. The third-order valence-corrected chi connectivity index (χ3v) is 4.10. The third kappa shape index (κ3) is 8.70. The lowest BCUT2D eigenvalue weighted by Gasteiger charge is -2.07. The van der Waals surface area contributed by atoms with E-state index in [4.69, 9.17) is 20.6 Å². The highest BCUT2D eigenvalue weighted by Gasteiger charge is 2.09. The summed E-state index contributed by atoms with van der Waals surface area (Å²) in [5, 5.41) is 12.5. The molecule has 0 atom stereocenters. The quantitative estimate of drug-likeness (QED) is 0.111. The standard InChI is InChI=1S/C23H26N4O5/c1-2-3-14-26-20(28)15-31-21(29)13-6-16-4-11-19(12-5-16)32-22(30)17-7-9-18(10-8-17)27-23(24)25/h4-13H,2-3,14-15H2,1H3,(H,26,28)(H4,24,25,27)/b13-6+. The van der Waals surface area contributed by atoms with E-state index in [1.807, 2.05) is 6.92 Å². The Morgan fingerprint density at radius 3 is 2.38 bits per heavy atom. The van der Waals surface area contributed by atoms with E-state index < -0.39 is 11.9 Å². The van der Waals surface area contributed by atoms with Gasteiger partial charge in [0.05, 0.1) is 5.56 Å². The summed E-state index contributed by atoms with van der Waals surface area (Å²) in [7, 11) is 0. The molecule has 0 saturated carbocycles. The van der Waals surface area contributed by atoms with Gasteiger partial charge >= 0.3 is 11.9 Å². The fourth-order valence-electron chi connectivity index (χ4n) is 2.46. The summed E-state index contributed by atoms with van der Waals surface area (Å²) >= 11 is 0. The first-order chi connectivity index (χ1) is 15.4. The van der Waals surface area contributed by atoms with Gasteiger partial charge in [-0.05, 0) is 54.5 Å². The van der Waals surface area contributed by atoms with Crippen molar-refractivity contribution >= 4 is 35.6 Å². The number of benzene rings is 2. The number of guanidine groups is 1. The molecule has 32 heavy (non-hydrogen) atoms. The van der Waals surface area contributed by atoms with Crippen molar-refractivity contribution in [2.75, 3.05) is 18.5 Å². The number of anilines is 1. The van der Waals surface area contributed by atoms with Gasteiger partial charge in [-0.3, -0.25) is 10.2 Å². The smallest absolute Gasteiger partial charge is 0.343 e. The van der Waals surface area contributed by atoms with Gasteiger partial charge in [0.25, 0.3) is 5.91 Å². The molecule has 2 aromatic carbocycles. The van der Waals surface area contributed by atoms with E-state index >= 15 is 0 Å². The molecular weight excluding hydrogens is 412 g/mol. The highest BCUT2D eigenvalue weighted by Crippen LogP contribution is 2.16. The normalized spacial score (nSPS) is 10.4. The largest absolute Gasteiger partial charge is 0.452 e. The molecule has 0 aliphatic heterocycles. The molecule has 168 valence electrons.